The summed E-state index contributed by atoms with van der Waals surface area (Å²) in [5, 5.41) is 2.66. The normalized spacial score (nSPS) is 12.7. The van der Waals surface area contributed by atoms with E-state index in [0.717, 1.165) is 0 Å². The van der Waals surface area contributed by atoms with Crippen LogP contribution in [0.25, 0.3) is 0 Å². The van der Waals surface area contributed by atoms with Crippen LogP contribution in [0.4, 0.5) is 0 Å². The number of nitrogens with one attached hydrogen (secondary N) is 1. The van der Waals surface area contributed by atoms with Crippen LogP contribution < -0.4 is 5.32 Å². The molecule has 0 aliphatic heterocycles. The number of carbonyl (C=O) groups is 1. The minimum Gasteiger partial charge on any atom is -0.495 e. The Hall–Kier alpha value is -1.77. The average molecular weight is 207 g/mol. The first-order chi connectivity index (χ1) is 7.15. The zero-order valence-corrected chi connectivity index (χ0v) is 9.41. The van der Waals surface area contributed by atoms with Gasteiger partial charge in [0.2, 0.25) is 5.91 Å². The second-order valence-corrected chi connectivity index (χ2v) is 2.76. The lowest BCUT2D eigenvalue weighted by Gasteiger charge is -2.10. The van der Waals surface area contributed by atoms with Crippen molar-refractivity contribution >= 4 is 5.91 Å². The van der Waals surface area contributed by atoms with E-state index in [-0.39, 0.29) is 5.91 Å². The highest BCUT2D eigenvalue weighted by Crippen LogP contribution is 2.08. The molecule has 0 atom stereocenters. The number of ether oxygens (including phenoxy) is 1. The quantitative estimate of drug-likeness (QED) is 0.555. The van der Waals surface area contributed by atoms with Gasteiger partial charge in [-0.15, -0.1) is 0 Å². The molecule has 0 fully saturated rings. The number of amides is 1. The smallest absolute Gasteiger partial charge is 0.221 e. The summed E-state index contributed by atoms with van der Waals surface area (Å²) in [7, 11) is 1.55. The molecule has 1 amide bonds. The highest BCUT2D eigenvalue weighted by molar-refractivity contribution is 5.75. The van der Waals surface area contributed by atoms with Crippen LogP contribution in [0.5, 0.6) is 0 Å². The molecule has 0 aliphatic rings. The van der Waals surface area contributed by atoms with Gasteiger partial charge in [0.25, 0.3) is 0 Å². The van der Waals surface area contributed by atoms with Gasteiger partial charge in [-0.1, -0.05) is 24.8 Å². The fraction of sp³-hybridized carbons (Fsp3) is 0.250. The van der Waals surface area contributed by atoms with E-state index < -0.39 is 0 Å². The van der Waals surface area contributed by atoms with E-state index in [0.29, 0.717) is 11.5 Å². The molecule has 0 saturated carbocycles. The molecule has 0 aromatic rings. The molecule has 0 spiro atoms. The molecule has 3 nitrogen and oxygen atoms in total. The van der Waals surface area contributed by atoms with Gasteiger partial charge in [0.15, 0.2) is 0 Å². The zero-order chi connectivity index (χ0) is 11.7. The molecule has 3 heteroatoms. The first-order valence-electron chi connectivity index (χ1n) is 4.63. The molecular formula is C12H17NO2. The SMILES string of the molecule is C=C\C=C(NC(C)=O)/C(=C\C=C/C)OC. The second-order valence-electron chi connectivity index (χ2n) is 2.76. The van der Waals surface area contributed by atoms with Crippen LogP contribution in [0.1, 0.15) is 13.8 Å². The minimum absolute atomic E-state index is 0.147. The van der Waals surface area contributed by atoms with Crippen LogP contribution in [-0.2, 0) is 9.53 Å². The molecule has 0 rings (SSSR count). The Labute approximate surface area is 90.8 Å². The van der Waals surface area contributed by atoms with Crippen molar-refractivity contribution < 1.29 is 9.53 Å². The van der Waals surface area contributed by atoms with Crippen LogP contribution >= 0.6 is 0 Å². The molecule has 0 aromatic carbocycles. The van der Waals surface area contributed by atoms with Crippen molar-refractivity contribution in [3.8, 4) is 0 Å². The third-order valence-corrected chi connectivity index (χ3v) is 1.52. The largest absolute Gasteiger partial charge is 0.495 e. The zero-order valence-electron chi connectivity index (χ0n) is 9.41. The lowest BCUT2D eigenvalue weighted by molar-refractivity contribution is -0.118. The number of allylic oxidation sites excluding steroid dienone is 5. The van der Waals surface area contributed by atoms with Crippen LogP contribution in [0, 0.1) is 0 Å². The molecule has 0 aromatic heterocycles. The third kappa shape index (κ3) is 5.52. The molecule has 1 N–H and O–H groups in total. The van der Waals surface area contributed by atoms with E-state index in [1.807, 2.05) is 19.1 Å². The molecule has 0 aliphatic carbocycles. The van der Waals surface area contributed by atoms with Gasteiger partial charge in [-0.3, -0.25) is 4.79 Å². The van der Waals surface area contributed by atoms with Crippen molar-refractivity contribution in [2.75, 3.05) is 7.11 Å². The fourth-order valence-electron chi connectivity index (χ4n) is 0.944. The number of carbonyl (C=O) groups excluding carboxylic acids is 1. The fourth-order valence-corrected chi connectivity index (χ4v) is 0.944. The molecule has 0 radical (unpaired) electrons. The summed E-state index contributed by atoms with van der Waals surface area (Å²) in [5.74, 6) is 0.440. The molecule has 0 heterocycles. The summed E-state index contributed by atoms with van der Waals surface area (Å²) in [4.78, 5) is 10.9. The summed E-state index contributed by atoms with van der Waals surface area (Å²) in [6.07, 6.45) is 8.75. The topological polar surface area (TPSA) is 38.3 Å². The van der Waals surface area contributed by atoms with Gasteiger partial charge < -0.3 is 10.1 Å². The predicted molar refractivity (Wildman–Crippen MR) is 62.0 cm³/mol. The van der Waals surface area contributed by atoms with E-state index >= 15 is 0 Å². The van der Waals surface area contributed by atoms with Crippen molar-refractivity contribution in [3.05, 3.63) is 48.4 Å². The molecule has 0 bridgehead atoms. The summed E-state index contributed by atoms with van der Waals surface area (Å²) in [6.45, 7) is 6.92. The van der Waals surface area contributed by atoms with Gasteiger partial charge in [0, 0.05) is 6.92 Å². The number of hydrogen-bond acceptors (Lipinski definition) is 2. The van der Waals surface area contributed by atoms with Gasteiger partial charge >= 0.3 is 0 Å². The number of rotatable bonds is 5. The Kier molecular flexibility index (Phi) is 6.72. The monoisotopic (exact) mass is 207 g/mol. The van der Waals surface area contributed by atoms with Crippen LogP contribution in [0.15, 0.2) is 48.4 Å². The maximum absolute atomic E-state index is 10.9. The summed E-state index contributed by atoms with van der Waals surface area (Å²) < 4.78 is 5.15. The highest BCUT2D eigenvalue weighted by Gasteiger charge is 2.04. The van der Waals surface area contributed by atoms with Gasteiger partial charge in [-0.05, 0) is 19.1 Å². The summed E-state index contributed by atoms with van der Waals surface area (Å²) in [6, 6.07) is 0. The summed E-state index contributed by atoms with van der Waals surface area (Å²) in [5.41, 5.74) is 0.595. The van der Waals surface area contributed by atoms with Crippen molar-refractivity contribution in [1.82, 2.24) is 5.32 Å². The Balaban J connectivity index is 4.94. The Morgan fingerprint density at radius 2 is 2.07 bits per heavy atom. The van der Waals surface area contributed by atoms with Crippen LogP contribution in [-0.4, -0.2) is 13.0 Å². The van der Waals surface area contributed by atoms with E-state index in [4.69, 9.17) is 4.74 Å². The first-order valence-corrected chi connectivity index (χ1v) is 4.63. The molecule has 82 valence electrons. The highest BCUT2D eigenvalue weighted by atomic mass is 16.5. The lowest BCUT2D eigenvalue weighted by atomic mass is 10.3. The standard InChI is InChI=1S/C12H17NO2/c1-5-7-9-12(15-4)11(8-6-2)13-10(3)14/h5-9H,2H2,1,3-4H3,(H,13,14)/b7-5-,11-8+,12-9+. The number of hydrogen-bond donors (Lipinski definition) is 1. The predicted octanol–water partition coefficient (Wildman–Crippen LogP) is 2.30. The van der Waals surface area contributed by atoms with E-state index in [1.54, 1.807) is 25.3 Å². The molecule has 0 unspecified atom stereocenters. The lowest BCUT2D eigenvalue weighted by Crippen LogP contribution is -2.20. The Morgan fingerprint density at radius 3 is 2.47 bits per heavy atom. The maximum atomic E-state index is 10.9. The Morgan fingerprint density at radius 1 is 1.40 bits per heavy atom. The minimum atomic E-state index is -0.147. The van der Waals surface area contributed by atoms with Gasteiger partial charge in [0.05, 0.1) is 12.8 Å². The third-order valence-electron chi connectivity index (χ3n) is 1.52. The molecule has 0 saturated heterocycles. The van der Waals surface area contributed by atoms with Crippen LogP contribution in [0.3, 0.4) is 0 Å². The molecule has 15 heavy (non-hydrogen) atoms. The van der Waals surface area contributed by atoms with E-state index in [2.05, 4.69) is 11.9 Å². The van der Waals surface area contributed by atoms with E-state index in [9.17, 15) is 4.79 Å². The van der Waals surface area contributed by atoms with Crippen LogP contribution in [0.2, 0.25) is 0 Å². The maximum Gasteiger partial charge on any atom is 0.221 e. The van der Waals surface area contributed by atoms with Crippen molar-refractivity contribution in [2.45, 2.75) is 13.8 Å². The van der Waals surface area contributed by atoms with Crippen molar-refractivity contribution in [1.29, 1.82) is 0 Å². The second kappa shape index (κ2) is 7.62. The van der Waals surface area contributed by atoms with Gasteiger partial charge in [-0.25, -0.2) is 0 Å². The van der Waals surface area contributed by atoms with Crippen molar-refractivity contribution in [3.63, 3.8) is 0 Å². The molecular weight excluding hydrogens is 190 g/mol. The Bertz CT molecular complexity index is 312. The van der Waals surface area contributed by atoms with E-state index in [1.165, 1.54) is 6.92 Å². The summed E-state index contributed by atoms with van der Waals surface area (Å²) >= 11 is 0. The first kappa shape index (κ1) is 13.2. The number of methoxy groups -OCH3 is 1. The van der Waals surface area contributed by atoms with Gasteiger partial charge in [0.1, 0.15) is 5.76 Å². The van der Waals surface area contributed by atoms with Gasteiger partial charge in [-0.2, -0.15) is 0 Å². The average Bonchev–Trinajstić information content (AvgIpc) is 2.18. The van der Waals surface area contributed by atoms with Crippen molar-refractivity contribution in [2.24, 2.45) is 0 Å².